The van der Waals surface area contributed by atoms with Gasteiger partial charge in [0.1, 0.15) is 5.69 Å². The second-order valence-electron chi connectivity index (χ2n) is 8.64. The summed E-state index contributed by atoms with van der Waals surface area (Å²) in [5, 5.41) is 15.0. The van der Waals surface area contributed by atoms with Crippen LogP contribution in [0.5, 0.6) is 11.5 Å². The Morgan fingerprint density at radius 2 is 2.00 bits per heavy atom. The molecule has 0 radical (unpaired) electrons. The van der Waals surface area contributed by atoms with E-state index in [4.69, 9.17) is 9.47 Å². The lowest BCUT2D eigenvalue weighted by Crippen LogP contribution is -2.32. The maximum absolute atomic E-state index is 13.1. The molecule has 3 aromatic rings. The van der Waals surface area contributed by atoms with Gasteiger partial charge in [-0.05, 0) is 43.5 Å². The molecule has 0 bridgehead atoms. The van der Waals surface area contributed by atoms with Crippen LogP contribution in [-0.2, 0) is 6.54 Å². The molecule has 4 rings (SSSR count). The average molecular weight is 450 g/mol. The zero-order valence-electron chi connectivity index (χ0n) is 19.6. The van der Waals surface area contributed by atoms with Crippen LogP contribution in [0.2, 0.25) is 0 Å². The minimum absolute atomic E-state index is 0.169. The molecule has 0 aliphatic carbocycles. The van der Waals surface area contributed by atoms with Crippen molar-refractivity contribution in [3.63, 3.8) is 0 Å². The predicted molar refractivity (Wildman–Crippen MR) is 127 cm³/mol. The summed E-state index contributed by atoms with van der Waals surface area (Å²) in [5.74, 6) is 1.42. The molecule has 0 fully saturated rings. The van der Waals surface area contributed by atoms with Crippen LogP contribution in [0.4, 0.5) is 0 Å². The van der Waals surface area contributed by atoms with Crippen LogP contribution in [0.15, 0.2) is 36.9 Å². The van der Waals surface area contributed by atoms with E-state index in [1.165, 1.54) is 0 Å². The van der Waals surface area contributed by atoms with E-state index in [2.05, 4.69) is 41.0 Å². The van der Waals surface area contributed by atoms with Gasteiger partial charge in [0.05, 0.1) is 37.2 Å². The number of allylic oxidation sites excluding steroid dienone is 1. The van der Waals surface area contributed by atoms with E-state index in [0.717, 1.165) is 40.4 Å². The van der Waals surface area contributed by atoms with E-state index in [-0.39, 0.29) is 17.9 Å². The first kappa shape index (κ1) is 22.6. The SMILES string of the molecule is C=CCn1nc(C)c(-c2cc(C(=O)N[C@@H](c3ccc4c(c3)OCCCO4)C(C)C)[nH]n2)c1C. The number of hydrogen-bond donors (Lipinski definition) is 2. The fourth-order valence-corrected chi connectivity index (χ4v) is 4.16. The molecule has 1 aliphatic heterocycles. The number of fused-ring (bicyclic) bond motifs is 1. The summed E-state index contributed by atoms with van der Waals surface area (Å²) in [5.41, 5.74) is 4.84. The Balaban J connectivity index is 1.56. The van der Waals surface area contributed by atoms with Gasteiger partial charge in [0.15, 0.2) is 11.5 Å². The Labute approximate surface area is 194 Å². The number of carbonyl (C=O) groups excluding carboxylic acids is 1. The molecule has 8 heteroatoms. The highest BCUT2D eigenvalue weighted by Gasteiger charge is 2.24. The number of H-pyrrole nitrogens is 1. The number of benzene rings is 1. The van der Waals surface area contributed by atoms with E-state index in [9.17, 15) is 4.79 Å². The van der Waals surface area contributed by atoms with E-state index < -0.39 is 0 Å². The number of ether oxygens (including phenoxy) is 2. The molecular formula is C25H31N5O3. The van der Waals surface area contributed by atoms with Crippen LogP contribution in [0.25, 0.3) is 11.3 Å². The molecule has 1 aliphatic rings. The van der Waals surface area contributed by atoms with Gasteiger partial charge in [-0.1, -0.05) is 26.0 Å². The van der Waals surface area contributed by atoms with Gasteiger partial charge in [0.25, 0.3) is 5.91 Å². The van der Waals surface area contributed by atoms with Gasteiger partial charge in [0.2, 0.25) is 0 Å². The summed E-state index contributed by atoms with van der Waals surface area (Å²) in [6.07, 6.45) is 2.65. The Hall–Kier alpha value is -3.55. The molecule has 0 saturated heterocycles. The quantitative estimate of drug-likeness (QED) is 0.523. The van der Waals surface area contributed by atoms with Crippen molar-refractivity contribution in [2.24, 2.45) is 5.92 Å². The number of hydrogen-bond acceptors (Lipinski definition) is 5. The molecule has 1 aromatic carbocycles. The molecule has 0 spiro atoms. The largest absolute Gasteiger partial charge is 0.490 e. The minimum atomic E-state index is -0.214. The zero-order valence-corrected chi connectivity index (χ0v) is 19.6. The van der Waals surface area contributed by atoms with Gasteiger partial charge in [-0.25, -0.2) is 0 Å². The fraction of sp³-hybridized carbons (Fsp3) is 0.400. The second kappa shape index (κ2) is 9.52. The summed E-state index contributed by atoms with van der Waals surface area (Å²) >= 11 is 0. The lowest BCUT2D eigenvalue weighted by molar-refractivity contribution is 0.0920. The minimum Gasteiger partial charge on any atom is -0.490 e. The number of amides is 1. The summed E-state index contributed by atoms with van der Waals surface area (Å²) in [6, 6.07) is 7.44. The third-order valence-corrected chi connectivity index (χ3v) is 5.85. The number of aromatic nitrogens is 4. The highest BCUT2D eigenvalue weighted by molar-refractivity contribution is 5.93. The van der Waals surface area contributed by atoms with E-state index >= 15 is 0 Å². The van der Waals surface area contributed by atoms with Crippen LogP contribution in [-0.4, -0.2) is 39.1 Å². The predicted octanol–water partition coefficient (Wildman–Crippen LogP) is 4.36. The van der Waals surface area contributed by atoms with Crippen LogP contribution >= 0.6 is 0 Å². The Bertz CT molecular complexity index is 1160. The van der Waals surface area contributed by atoms with Gasteiger partial charge in [-0.15, -0.1) is 6.58 Å². The van der Waals surface area contributed by atoms with Crippen LogP contribution in [0.1, 0.15) is 53.7 Å². The maximum Gasteiger partial charge on any atom is 0.269 e. The van der Waals surface area contributed by atoms with E-state index in [1.807, 2.05) is 36.7 Å². The van der Waals surface area contributed by atoms with Gasteiger partial charge in [-0.2, -0.15) is 10.2 Å². The number of rotatable bonds is 7. The molecule has 1 amide bonds. The van der Waals surface area contributed by atoms with Crippen molar-refractivity contribution in [1.82, 2.24) is 25.3 Å². The molecule has 2 aromatic heterocycles. The first-order chi connectivity index (χ1) is 15.9. The van der Waals surface area contributed by atoms with Crippen LogP contribution in [0.3, 0.4) is 0 Å². The molecule has 3 heterocycles. The summed E-state index contributed by atoms with van der Waals surface area (Å²) < 4.78 is 13.5. The van der Waals surface area contributed by atoms with Gasteiger partial charge in [-0.3, -0.25) is 14.6 Å². The molecule has 33 heavy (non-hydrogen) atoms. The second-order valence-corrected chi connectivity index (χ2v) is 8.64. The molecule has 8 nitrogen and oxygen atoms in total. The van der Waals surface area contributed by atoms with Crippen LogP contribution < -0.4 is 14.8 Å². The van der Waals surface area contributed by atoms with Gasteiger partial charge >= 0.3 is 0 Å². The van der Waals surface area contributed by atoms with Crippen molar-refractivity contribution in [1.29, 1.82) is 0 Å². The third kappa shape index (κ3) is 4.65. The summed E-state index contributed by atoms with van der Waals surface area (Å²) in [7, 11) is 0. The molecule has 1 atom stereocenters. The molecule has 2 N–H and O–H groups in total. The average Bonchev–Trinajstić information content (AvgIpc) is 3.27. The molecule has 174 valence electrons. The number of aryl methyl sites for hydroxylation is 1. The number of nitrogens with one attached hydrogen (secondary N) is 2. The first-order valence-corrected chi connectivity index (χ1v) is 11.3. The van der Waals surface area contributed by atoms with Crippen molar-refractivity contribution in [2.45, 2.75) is 46.7 Å². The topological polar surface area (TPSA) is 94.1 Å². The normalized spacial score (nSPS) is 14.1. The number of carbonyl (C=O) groups is 1. The summed E-state index contributed by atoms with van der Waals surface area (Å²) in [4.78, 5) is 13.1. The highest BCUT2D eigenvalue weighted by atomic mass is 16.5. The third-order valence-electron chi connectivity index (χ3n) is 5.85. The van der Waals surface area contributed by atoms with Crippen LogP contribution in [0, 0.1) is 19.8 Å². The van der Waals surface area contributed by atoms with Gasteiger partial charge < -0.3 is 14.8 Å². The first-order valence-electron chi connectivity index (χ1n) is 11.3. The monoisotopic (exact) mass is 449 g/mol. The maximum atomic E-state index is 13.1. The smallest absolute Gasteiger partial charge is 0.269 e. The standard InChI is InChI=1S/C25H31N5O3/c1-6-10-30-17(5)23(16(4)29-30)19-14-20(28-27-19)25(31)26-24(15(2)3)18-8-9-21-22(13-18)33-12-7-11-32-21/h6,8-9,13-15,24H,1,7,10-12H2,2-5H3,(H,26,31)(H,27,28)/t24-/m1/s1. The lowest BCUT2D eigenvalue weighted by Gasteiger charge is -2.23. The Kier molecular flexibility index (Phi) is 6.53. The molecule has 0 saturated carbocycles. The van der Waals surface area contributed by atoms with Crippen molar-refractivity contribution in [2.75, 3.05) is 13.2 Å². The highest BCUT2D eigenvalue weighted by Crippen LogP contribution is 2.34. The lowest BCUT2D eigenvalue weighted by atomic mass is 9.95. The summed E-state index contributed by atoms with van der Waals surface area (Å²) in [6.45, 7) is 13.7. The Morgan fingerprint density at radius 3 is 2.73 bits per heavy atom. The van der Waals surface area contributed by atoms with E-state index in [0.29, 0.717) is 31.1 Å². The fourth-order valence-electron chi connectivity index (χ4n) is 4.16. The van der Waals surface area contributed by atoms with E-state index in [1.54, 1.807) is 12.1 Å². The Morgan fingerprint density at radius 1 is 1.24 bits per heavy atom. The van der Waals surface area contributed by atoms with Crippen molar-refractivity contribution >= 4 is 5.91 Å². The molecular weight excluding hydrogens is 418 g/mol. The van der Waals surface area contributed by atoms with Gasteiger partial charge in [0, 0.05) is 17.7 Å². The van der Waals surface area contributed by atoms with Crippen molar-refractivity contribution < 1.29 is 14.3 Å². The number of nitrogens with zero attached hydrogens (tertiary/aromatic N) is 3. The number of aromatic amines is 1. The molecule has 0 unspecified atom stereocenters. The zero-order chi connectivity index (χ0) is 23.5. The van der Waals surface area contributed by atoms with Crippen molar-refractivity contribution in [3.05, 3.63) is 59.6 Å². The van der Waals surface area contributed by atoms with Crippen molar-refractivity contribution in [3.8, 4) is 22.8 Å².